The van der Waals surface area contributed by atoms with Gasteiger partial charge in [-0.05, 0) is 18.2 Å². The van der Waals surface area contributed by atoms with Gasteiger partial charge in [-0.15, -0.1) is 5.10 Å². The number of hydrogen-bond acceptors (Lipinski definition) is 3. The number of carboxylic acid groups (broad SMARTS) is 1. The molecule has 2 rings (SSSR count). The summed E-state index contributed by atoms with van der Waals surface area (Å²) >= 11 is 0. The Bertz CT molecular complexity index is 568. The Kier molecular flexibility index (Phi) is 2.82. The van der Waals surface area contributed by atoms with E-state index in [1.54, 1.807) is 0 Å². The molecule has 0 radical (unpaired) electrons. The van der Waals surface area contributed by atoms with Crippen LogP contribution in [0.2, 0.25) is 0 Å². The third kappa shape index (κ3) is 2.27. The van der Waals surface area contributed by atoms with E-state index in [-0.39, 0.29) is 0 Å². The fourth-order valence-corrected chi connectivity index (χ4v) is 1.38. The van der Waals surface area contributed by atoms with Crippen LogP contribution in [-0.2, 0) is 11.3 Å². The van der Waals surface area contributed by atoms with Gasteiger partial charge in [-0.25, -0.2) is 13.5 Å². The first-order valence-electron chi connectivity index (χ1n) is 4.63. The van der Waals surface area contributed by atoms with Crippen LogP contribution in [-0.4, -0.2) is 26.1 Å². The molecule has 88 valence electrons. The van der Waals surface area contributed by atoms with Crippen LogP contribution in [0, 0.1) is 11.6 Å². The minimum atomic E-state index is -1.10. The monoisotopic (exact) mass is 239 g/mol. The van der Waals surface area contributed by atoms with Crippen LogP contribution in [0.4, 0.5) is 8.78 Å². The van der Waals surface area contributed by atoms with Crippen molar-refractivity contribution < 1.29 is 18.7 Å². The Morgan fingerprint density at radius 3 is 2.76 bits per heavy atom. The molecule has 17 heavy (non-hydrogen) atoms. The Morgan fingerprint density at radius 2 is 2.12 bits per heavy atom. The second kappa shape index (κ2) is 4.28. The lowest BCUT2D eigenvalue weighted by atomic mass is 10.1. The molecule has 0 saturated heterocycles. The summed E-state index contributed by atoms with van der Waals surface area (Å²) in [5.74, 6) is -3.07. The van der Waals surface area contributed by atoms with Crippen LogP contribution in [0.5, 0.6) is 0 Å². The summed E-state index contributed by atoms with van der Waals surface area (Å²) in [5, 5.41) is 15.7. The average molecular weight is 239 g/mol. The molecule has 0 unspecified atom stereocenters. The number of carbonyl (C=O) groups is 1. The maximum Gasteiger partial charge on any atom is 0.325 e. The summed E-state index contributed by atoms with van der Waals surface area (Å²) in [7, 11) is 0. The standard InChI is InChI=1S/C10H7F2N3O2/c11-7-2-1-6(3-8(7)12)9-4-13-14-15(9)5-10(16)17/h1-4H,5H2,(H,16,17). The topological polar surface area (TPSA) is 68.0 Å². The number of nitrogens with zero attached hydrogens (tertiary/aromatic N) is 3. The zero-order chi connectivity index (χ0) is 12.4. The van der Waals surface area contributed by atoms with Gasteiger partial charge in [0.15, 0.2) is 11.6 Å². The summed E-state index contributed by atoms with van der Waals surface area (Å²) in [6.45, 7) is -0.395. The Hall–Kier alpha value is -2.31. The maximum absolute atomic E-state index is 13.0. The largest absolute Gasteiger partial charge is 0.480 e. The SMILES string of the molecule is O=C(O)Cn1nncc1-c1ccc(F)c(F)c1. The van der Waals surface area contributed by atoms with Crippen molar-refractivity contribution in [2.45, 2.75) is 6.54 Å². The third-order valence-corrected chi connectivity index (χ3v) is 2.12. The quantitative estimate of drug-likeness (QED) is 0.876. The van der Waals surface area contributed by atoms with Crippen molar-refractivity contribution in [3.63, 3.8) is 0 Å². The van der Waals surface area contributed by atoms with Crippen molar-refractivity contribution >= 4 is 5.97 Å². The second-order valence-electron chi connectivity index (χ2n) is 3.30. The van der Waals surface area contributed by atoms with E-state index in [0.717, 1.165) is 16.8 Å². The predicted molar refractivity (Wildman–Crippen MR) is 53.0 cm³/mol. The zero-order valence-electron chi connectivity index (χ0n) is 8.47. The first-order chi connectivity index (χ1) is 8.08. The molecule has 0 saturated carbocycles. The van der Waals surface area contributed by atoms with Gasteiger partial charge >= 0.3 is 5.97 Å². The molecule has 0 aliphatic heterocycles. The number of aromatic nitrogens is 3. The molecule has 0 fully saturated rings. The average Bonchev–Trinajstić information content (AvgIpc) is 2.69. The van der Waals surface area contributed by atoms with Crippen LogP contribution >= 0.6 is 0 Å². The second-order valence-corrected chi connectivity index (χ2v) is 3.30. The maximum atomic E-state index is 13.0. The van der Waals surface area contributed by atoms with E-state index in [2.05, 4.69) is 10.3 Å². The van der Waals surface area contributed by atoms with E-state index in [1.165, 1.54) is 12.3 Å². The molecule has 1 N–H and O–H groups in total. The minimum absolute atomic E-state index is 0.311. The smallest absolute Gasteiger partial charge is 0.325 e. The van der Waals surface area contributed by atoms with E-state index in [4.69, 9.17) is 5.11 Å². The molecule has 1 heterocycles. The summed E-state index contributed by atoms with van der Waals surface area (Å²) in [4.78, 5) is 10.5. The van der Waals surface area contributed by atoms with Crippen LogP contribution in [0.1, 0.15) is 0 Å². The first-order valence-corrected chi connectivity index (χ1v) is 4.63. The van der Waals surface area contributed by atoms with E-state index < -0.39 is 24.1 Å². The van der Waals surface area contributed by atoms with E-state index >= 15 is 0 Å². The van der Waals surface area contributed by atoms with Gasteiger partial charge in [0, 0.05) is 5.56 Å². The van der Waals surface area contributed by atoms with Gasteiger partial charge in [-0.1, -0.05) is 5.21 Å². The molecule has 0 aliphatic carbocycles. The lowest BCUT2D eigenvalue weighted by Crippen LogP contribution is -2.11. The summed E-state index contributed by atoms with van der Waals surface area (Å²) in [6, 6.07) is 3.25. The van der Waals surface area contributed by atoms with Crippen molar-refractivity contribution in [2.75, 3.05) is 0 Å². The number of carboxylic acids is 1. The number of halogens is 2. The van der Waals surface area contributed by atoms with Crippen LogP contribution in [0.3, 0.4) is 0 Å². The van der Waals surface area contributed by atoms with E-state index in [0.29, 0.717) is 11.3 Å². The van der Waals surface area contributed by atoms with Crippen LogP contribution in [0.15, 0.2) is 24.4 Å². The number of benzene rings is 1. The summed E-state index contributed by atoms with van der Waals surface area (Å²) < 4.78 is 26.9. The zero-order valence-corrected chi connectivity index (χ0v) is 8.47. The Morgan fingerprint density at radius 1 is 1.35 bits per heavy atom. The van der Waals surface area contributed by atoms with Crippen LogP contribution < -0.4 is 0 Å². The molecule has 5 nitrogen and oxygen atoms in total. The summed E-state index contributed by atoms with van der Waals surface area (Å²) in [5.41, 5.74) is 0.626. The minimum Gasteiger partial charge on any atom is -0.480 e. The molecule has 0 atom stereocenters. The van der Waals surface area contributed by atoms with Gasteiger partial charge in [0.1, 0.15) is 6.54 Å². The molecular weight excluding hydrogens is 232 g/mol. The fourth-order valence-electron chi connectivity index (χ4n) is 1.38. The predicted octanol–water partition coefficient (Wildman–Crippen LogP) is 1.31. The highest BCUT2D eigenvalue weighted by molar-refractivity contribution is 5.68. The van der Waals surface area contributed by atoms with Crippen molar-refractivity contribution in [2.24, 2.45) is 0 Å². The molecule has 0 aliphatic rings. The van der Waals surface area contributed by atoms with Gasteiger partial charge in [0.2, 0.25) is 0 Å². The fraction of sp³-hybridized carbons (Fsp3) is 0.100. The van der Waals surface area contributed by atoms with Gasteiger partial charge in [-0.3, -0.25) is 4.79 Å². The number of hydrogen-bond donors (Lipinski definition) is 1. The van der Waals surface area contributed by atoms with E-state index in [9.17, 15) is 13.6 Å². The van der Waals surface area contributed by atoms with Crippen molar-refractivity contribution in [3.8, 4) is 11.3 Å². The Balaban J connectivity index is 2.42. The highest BCUT2D eigenvalue weighted by Gasteiger charge is 2.11. The normalized spacial score (nSPS) is 10.5. The molecule has 1 aromatic carbocycles. The van der Waals surface area contributed by atoms with E-state index in [1.807, 2.05) is 0 Å². The Labute approximate surface area is 94.3 Å². The molecule has 0 spiro atoms. The molecular formula is C10H7F2N3O2. The van der Waals surface area contributed by atoms with Gasteiger partial charge in [0.25, 0.3) is 0 Å². The molecule has 7 heteroatoms. The molecule has 0 amide bonds. The third-order valence-electron chi connectivity index (χ3n) is 2.12. The van der Waals surface area contributed by atoms with Gasteiger partial charge < -0.3 is 5.11 Å². The van der Waals surface area contributed by atoms with Crippen LogP contribution in [0.25, 0.3) is 11.3 Å². The van der Waals surface area contributed by atoms with Crippen molar-refractivity contribution in [1.29, 1.82) is 0 Å². The molecule has 1 aromatic heterocycles. The first kappa shape index (κ1) is 11.2. The van der Waals surface area contributed by atoms with Crippen molar-refractivity contribution in [1.82, 2.24) is 15.0 Å². The number of rotatable bonds is 3. The lowest BCUT2D eigenvalue weighted by Gasteiger charge is -2.03. The lowest BCUT2D eigenvalue weighted by molar-refractivity contribution is -0.137. The molecule has 2 aromatic rings. The summed E-state index contributed by atoms with van der Waals surface area (Å²) in [6.07, 6.45) is 1.29. The van der Waals surface area contributed by atoms with Gasteiger partial charge in [0.05, 0.1) is 11.9 Å². The highest BCUT2D eigenvalue weighted by Crippen LogP contribution is 2.20. The highest BCUT2D eigenvalue weighted by atomic mass is 19.2. The van der Waals surface area contributed by atoms with Crippen molar-refractivity contribution in [3.05, 3.63) is 36.0 Å². The number of aliphatic carboxylic acids is 1. The van der Waals surface area contributed by atoms with Gasteiger partial charge in [-0.2, -0.15) is 0 Å². The molecule has 0 bridgehead atoms.